The lowest BCUT2D eigenvalue weighted by Gasteiger charge is -2.31. The van der Waals surface area contributed by atoms with E-state index < -0.39 is 5.97 Å². The normalized spacial score (nSPS) is 23.3. The van der Waals surface area contributed by atoms with Gasteiger partial charge in [-0.05, 0) is 73.6 Å². The van der Waals surface area contributed by atoms with E-state index in [2.05, 4.69) is 5.10 Å². The molecular formula is C26H23Cl2N3O4. The summed E-state index contributed by atoms with van der Waals surface area (Å²) in [6.07, 6.45) is 5.41. The Kier molecular flexibility index (Phi) is 5.59. The monoisotopic (exact) mass is 511 g/mol. The zero-order valence-electron chi connectivity index (χ0n) is 18.7. The van der Waals surface area contributed by atoms with Crippen LogP contribution in [0.1, 0.15) is 53.2 Å². The first-order valence-corrected chi connectivity index (χ1v) is 12.5. The number of hydrogen-bond acceptors (Lipinski definition) is 4. The third-order valence-electron chi connectivity index (χ3n) is 7.29. The number of halogens is 2. The number of anilines is 1. The quantitative estimate of drug-likeness (QED) is 0.454. The minimum atomic E-state index is -0.984. The lowest BCUT2D eigenvalue weighted by atomic mass is 10.0. The number of nitrogens with zero attached hydrogens (tertiary/aromatic N) is 3. The van der Waals surface area contributed by atoms with Crippen molar-refractivity contribution in [3.63, 3.8) is 0 Å². The average Bonchev–Trinajstić information content (AvgIpc) is 3.34. The van der Waals surface area contributed by atoms with Gasteiger partial charge in [0.05, 0.1) is 46.1 Å². The van der Waals surface area contributed by atoms with Gasteiger partial charge in [-0.25, -0.2) is 9.48 Å². The highest BCUT2D eigenvalue weighted by molar-refractivity contribution is 6.37. The maximum atomic E-state index is 13.2. The summed E-state index contributed by atoms with van der Waals surface area (Å²) in [5.41, 5.74) is 3.65. The van der Waals surface area contributed by atoms with Crippen molar-refractivity contribution in [3.05, 3.63) is 75.5 Å². The Morgan fingerprint density at radius 1 is 1.09 bits per heavy atom. The number of para-hydroxylation sites is 1. The first-order valence-electron chi connectivity index (χ1n) is 11.7. The van der Waals surface area contributed by atoms with E-state index >= 15 is 0 Å². The molecule has 1 aromatic heterocycles. The number of aromatic nitrogens is 2. The van der Waals surface area contributed by atoms with Crippen molar-refractivity contribution in [1.29, 1.82) is 0 Å². The molecule has 3 atom stereocenters. The van der Waals surface area contributed by atoms with Gasteiger partial charge in [-0.1, -0.05) is 29.3 Å². The van der Waals surface area contributed by atoms with Crippen LogP contribution in [0.2, 0.25) is 10.0 Å². The molecule has 1 saturated heterocycles. The predicted octanol–water partition coefficient (Wildman–Crippen LogP) is 5.47. The molecule has 0 radical (unpaired) electrons. The Labute approximate surface area is 212 Å². The molecule has 180 valence electrons. The van der Waals surface area contributed by atoms with Crippen LogP contribution in [-0.2, 0) is 16.1 Å². The zero-order chi connectivity index (χ0) is 24.3. The molecule has 3 fully saturated rings. The van der Waals surface area contributed by atoms with E-state index in [-0.39, 0.29) is 29.5 Å². The van der Waals surface area contributed by atoms with Crippen LogP contribution in [-0.4, -0.2) is 38.9 Å². The van der Waals surface area contributed by atoms with Crippen LogP contribution in [0.3, 0.4) is 0 Å². The molecule has 2 aliphatic carbocycles. The first kappa shape index (κ1) is 22.6. The fourth-order valence-electron chi connectivity index (χ4n) is 5.43. The molecule has 2 heterocycles. The number of aromatic carboxylic acids is 1. The van der Waals surface area contributed by atoms with Crippen LogP contribution < -0.4 is 4.90 Å². The lowest BCUT2D eigenvalue weighted by Crippen LogP contribution is -2.43. The number of rotatable bonds is 7. The summed E-state index contributed by atoms with van der Waals surface area (Å²) in [6, 6.07) is 11.9. The summed E-state index contributed by atoms with van der Waals surface area (Å²) in [6.45, 7) is 0.321. The highest BCUT2D eigenvalue weighted by Crippen LogP contribution is 2.45. The number of hydrogen-bond donors (Lipinski definition) is 1. The van der Waals surface area contributed by atoms with Gasteiger partial charge < -0.3 is 14.7 Å². The van der Waals surface area contributed by atoms with Crippen LogP contribution in [0.4, 0.5) is 5.69 Å². The topological polar surface area (TPSA) is 84.7 Å². The molecule has 0 unspecified atom stereocenters. The minimum Gasteiger partial charge on any atom is -0.478 e. The van der Waals surface area contributed by atoms with Crippen LogP contribution in [0.25, 0.3) is 5.69 Å². The maximum absolute atomic E-state index is 13.2. The summed E-state index contributed by atoms with van der Waals surface area (Å²) >= 11 is 12.9. The summed E-state index contributed by atoms with van der Waals surface area (Å²) < 4.78 is 8.16. The number of carboxylic acids is 1. The predicted molar refractivity (Wildman–Crippen MR) is 132 cm³/mol. The van der Waals surface area contributed by atoms with Crippen molar-refractivity contribution in [2.75, 3.05) is 4.90 Å². The van der Waals surface area contributed by atoms with Crippen molar-refractivity contribution >= 4 is 40.8 Å². The number of carboxylic acid groups (broad SMARTS) is 1. The van der Waals surface area contributed by atoms with Crippen molar-refractivity contribution in [2.45, 2.75) is 50.4 Å². The second-order valence-electron chi connectivity index (χ2n) is 9.44. The fraction of sp³-hybridized carbons (Fsp3) is 0.346. The standard InChI is InChI=1S/C26H23Cl2N3O4/c27-20-2-1-3-21(28)24(20)31-22(19(12-29-31)14-4-5-14)13-35-23-11-17-10-18(23)25(32)30(17)16-8-6-15(7-9-16)26(33)34/h1-3,6-9,12,14,17-18,23H,4-5,10-11,13H2,(H,33,34)/t17-,18+,23+/m0/s1. The Balaban J connectivity index is 1.21. The van der Waals surface area contributed by atoms with Crippen LogP contribution in [0.15, 0.2) is 48.7 Å². The summed E-state index contributed by atoms with van der Waals surface area (Å²) in [7, 11) is 0. The van der Waals surface area contributed by atoms with E-state index in [0.717, 1.165) is 42.6 Å². The lowest BCUT2D eigenvalue weighted by molar-refractivity contribution is -0.126. The molecule has 2 saturated carbocycles. The SMILES string of the molecule is O=C(O)c1ccc(N2C(=O)[C@@H]3C[C@H]2C[C@H]3OCc2c(C3CC3)cnn2-c2c(Cl)cccc2Cl)cc1. The number of ether oxygens (including phenoxy) is 1. The van der Waals surface area contributed by atoms with Gasteiger partial charge >= 0.3 is 5.97 Å². The van der Waals surface area contributed by atoms with Gasteiger partial charge in [-0.2, -0.15) is 5.10 Å². The van der Waals surface area contributed by atoms with Gasteiger partial charge in [0, 0.05) is 11.7 Å². The third kappa shape index (κ3) is 3.92. The second kappa shape index (κ2) is 8.66. The van der Waals surface area contributed by atoms with Crippen LogP contribution in [0.5, 0.6) is 0 Å². The number of benzene rings is 2. The second-order valence-corrected chi connectivity index (χ2v) is 10.3. The summed E-state index contributed by atoms with van der Waals surface area (Å²) in [4.78, 5) is 26.1. The molecule has 7 nitrogen and oxygen atoms in total. The smallest absolute Gasteiger partial charge is 0.335 e. The Morgan fingerprint density at radius 2 is 1.80 bits per heavy atom. The molecule has 6 rings (SSSR count). The fourth-order valence-corrected chi connectivity index (χ4v) is 5.98. The van der Waals surface area contributed by atoms with Gasteiger partial charge in [0.25, 0.3) is 0 Å². The van der Waals surface area contributed by atoms with Crippen molar-refractivity contribution in [2.24, 2.45) is 5.92 Å². The van der Waals surface area contributed by atoms with Crippen molar-refractivity contribution in [1.82, 2.24) is 9.78 Å². The molecule has 1 aliphatic heterocycles. The number of amides is 1. The first-order chi connectivity index (χ1) is 16.9. The highest BCUT2D eigenvalue weighted by atomic mass is 35.5. The molecule has 2 aromatic carbocycles. The summed E-state index contributed by atoms with van der Waals surface area (Å²) in [5, 5.41) is 14.8. The van der Waals surface area contributed by atoms with Crippen LogP contribution in [0, 0.1) is 5.92 Å². The van der Waals surface area contributed by atoms with E-state index in [1.54, 1.807) is 39.9 Å². The van der Waals surface area contributed by atoms with E-state index in [4.69, 9.17) is 33.0 Å². The molecular weight excluding hydrogens is 489 g/mol. The van der Waals surface area contributed by atoms with Crippen LogP contribution >= 0.6 is 23.2 Å². The van der Waals surface area contributed by atoms with Gasteiger partial charge in [0.1, 0.15) is 5.69 Å². The molecule has 35 heavy (non-hydrogen) atoms. The van der Waals surface area contributed by atoms with Gasteiger partial charge in [0.2, 0.25) is 5.91 Å². The molecule has 9 heteroatoms. The van der Waals surface area contributed by atoms with Gasteiger partial charge in [-0.15, -0.1) is 0 Å². The Morgan fingerprint density at radius 3 is 2.43 bits per heavy atom. The molecule has 2 bridgehead atoms. The van der Waals surface area contributed by atoms with Crippen molar-refractivity contribution in [3.8, 4) is 5.69 Å². The van der Waals surface area contributed by atoms with E-state index in [1.807, 2.05) is 6.20 Å². The number of carbonyl (C=O) groups excluding carboxylic acids is 1. The zero-order valence-corrected chi connectivity index (χ0v) is 20.2. The molecule has 3 aliphatic rings. The third-order valence-corrected chi connectivity index (χ3v) is 7.90. The molecule has 3 aromatic rings. The van der Waals surface area contributed by atoms with E-state index in [0.29, 0.717) is 28.3 Å². The maximum Gasteiger partial charge on any atom is 0.335 e. The number of piperidine rings is 1. The van der Waals surface area contributed by atoms with Crippen molar-refractivity contribution < 1.29 is 19.4 Å². The molecule has 1 N–H and O–H groups in total. The van der Waals surface area contributed by atoms with Gasteiger partial charge in [0.15, 0.2) is 0 Å². The summed E-state index contributed by atoms with van der Waals surface area (Å²) in [5.74, 6) is -0.708. The number of carbonyl (C=O) groups is 2. The molecule has 0 spiro atoms. The largest absolute Gasteiger partial charge is 0.478 e. The highest BCUT2D eigenvalue weighted by Gasteiger charge is 2.52. The van der Waals surface area contributed by atoms with E-state index in [1.165, 1.54) is 12.1 Å². The Hall–Kier alpha value is -2.87. The average molecular weight is 512 g/mol. The molecule has 1 amide bonds. The minimum absolute atomic E-state index is 0.0272. The Bertz CT molecular complexity index is 1300. The van der Waals surface area contributed by atoms with E-state index in [9.17, 15) is 9.59 Å². The van der Waals surface area contributed by atoms with Gasteiger partial charge in [-0.3, -0.25) is 4.79 Å². The number of fused-ring (bicyclic) bond motifs is 2.